The summed E-state index contributed by atoms with van der Waals surface area (Å²) < 4.78 is 10.9. The third-order valence-electron chi connectivity index (χ3n) is 2.60. The second-order valence-electron chi connectivity index (χ2n) is 3.70. The van der Waals surface area contributed by atoms with E-state index in [9.17, 15) is 0 Å². The predicted molar refractivity (Wildman–Crippen MR) is 56.9 cm³/mol. The van der Waals surface area contributed by atoms with Crippen molar-refractivity contribution in [2.75, 3.05) is 20.3 Å². The summed E-state index contributed by atoms with van der Waals surface area (Å²) in [6, 6.07) is 4.17. The van der Waals surface area contributed by atoms with Crippen molar-refractivity contribution in [3.05, 3.63) is 24.5 Å². The molecule has 1 aromatic heterocycles. The lowest BCUT2D eigenvalue weighted by Gasteiger charge is -2.11. The third kappa shape index (κ3) is 2.91. The summed E-state index contributed by atoms with van der Waals surface area (Å²) in [5.41, 5.74) is 0. The lowest BCUT2D eigenvalue weighted by molar-refractivity contribution is 0.115. The highest BCUT2D eigenvalue weighted by Gasteiger charge is 2.23. The number of pyridine rings is 1. The van der Waals surface area contributed by atoms with Gasteiger partial charge >= 0.3 is 0 Å². The zero-order valence-corrected chi connectivity index (χ0v) is 8.85. The fourth-order valence-corrected chi connectivity index (χ4v) is 1.72. The van der Waals surface area contributed by atoms with Crippen LogP contribution in [0.4, 0.5) is 0 Å². The minimum Gasteiger partial charge on any atom is -0.490 e. The number of nitrogens with zero attached hydrogens (tertiary/aromatic N) is 1. The number of hydrogen-bond acceptors (Lipinski definition) is 4. The molecule has 2 rings (SSSR count). The highest BCUT2D eigenvalue weighted by molar-refractivity contribution is 5.15. The van der Waals surface area contributed by atoms with Crippen molar-refractivity contribution < 1.29 is 9.47 Å². The highest BCUT2D eigenvalue weighted by atomic mass is 16.5. The Morgan fingerprint density at radius 2 is 2.53 bits per heavy atom. The molecule has 0 spiro atoms. The first-order valence-electron chi connectivity index (χ1n) is 5.17. The van der Waals surface area contributed by atoms with Crippen molar-refractivity contribution in [1.29, 1.82) is 0 Å². The Morgan fingerprint density at radius 3 is 3.20 bits per heavy atom. The maximum atomic E-state index is 5.60. The Hall–Kier alpha value is -1.13. The fourth-order valence-electron chi connectivity index (χ4n) is 1.72. The molecule has 1 saturated heterocycles. The van der Waals surface area contributed by atoms with Gasteiger partial charge in [-0.3, -0.25) is 4.98 Å². The normalized spacial score (nSPS) is 25.4. The largest absolute Gasteiger partial charge is 0.490 e. The van der Waals surface area contributed by atoms with Crippen LogP contribution < -0.4 is 10.1 Å². The predicted octanol–water partition coefficient (Wildman–Crippen LogP) is 0.837. The van der Waals surface area contributed by atoms with Crippen LogP contribution in [-0.4, -0.2) is 37.4 Å². The molecule has 1 N–H and O–H groups in total. The summed E-state index contributed by atoms with van der Waals surface area (Å²) in [6.45, 7) is 1.59. The average Bonchev–Trinajstić information content (AvgIpc) is 2.76. The number of aromatic nitrogens is 1. The standard InChI is InChI=1S/C11H16N2O2/c1-14-11-5-9(13-7-11)8-15-10-3-2-4-12-6-10/h2-4,6,9,11,13H,5,7-8H2,1H3/t9-,11-/m0/s1. The second kappa shape index (κ2) is 5.09. The minimum absolute atomic E-state index is 0.326. The quantitative estimate of drug-likeness (QED) is 0.796. The van der Waals surface area contributed by atoms with Gasteiger partial charge in [0.2, 0.25) is 0 Å². The van der Waals surface area contributed by atoms with Crippen molar-refractivity contribution in [2.24, 2.45) is 0 Å². The molecule has 2 heterocycles. The first kappa shape index (κ1) is 10.4. The van der Waals surface area contributed by atoms with Gasteiger partial charge in [0.1, 0.15) is 12.4 Å². The van der Waals surface area contributed by atoms with E-state index in [4.69, 9.17) is 9.47 Å². The molecule has 82 valence electrons. The van der Waals surface area contributed by atoms with Crippen LogP contribution in [0.3, 0.4) is 0 Å². The molecule has 4 nitrogen and oxygen atoms in total. The topological polar surface area (TPSA) is 43.4 Å². The van der Waals surface area contributed by atoms with Crippen molar-refractivity contribution >= 4 is 0 Å². The van der Waals surface area contributed by atoms with Crippen LogP contribution in [0.1, 0.15) is 6.42 Å². The summed E-state index contributed by atoms with van der Waals surface area (Å²) in [7, 11) is 1.75. The summed E-state index contributed by atoms with van der Waals surface area (Å²) in [5, 5.41) is 3.36. The first-order valence-corrected chi connectivity index (χ1v) is 5.17. The van der Waals surface area contributed by atoms with E-state index in [1.165, 1.54) is 0 Å². The SMILES string of the molecule is CO[C@@H]1CN[C@H](COc2cccnc2)C1. The van der Waals surface area contributed by atoms with Crippen LogP contribution in [0.5, 0.6) is 5.75 Å². The van der Waals surface area contributed by atoms with Gasteiger partial charge in [0.25, 0.3) is 0 Å². The van der Waals surface area contributed by atoms with Gasteiger partial charge in [-0.1, -0.05) is 0 Å². The summed E-state index contributed by atoms with van der Waals surface area (Å²) in [5.74, 6) is 0.820. The Labute approximate surface area is 89.6 Å². The van der Waals surface area contributed by atoms with Gasteiger partial charge in [0.05, 0.1) is 12.3 Å². The molecule has 15 heavy (non-hydrogen) atoms. The monoisotopic (exact) mass is 208 g/mol. The molecule has 0 unspecified atom stereocenters. The first-order chi connectivity index (χ1) is 7.38. The molecule has 1 aromatic rings. The van der Waals surface area contributed by atoms with Gasteiger partial charge in [-0.25, -0.2) is 0 Å². The van der Waals surface area contributed by atoms with Crippen LogP contribution in [-0.2, 0) is 4.74 Å². The number of hydrogen-bond donors (Lipinski definition) is 1. The second-order valence-corrected chi connectivity index (χ2v) is 3.70. The molecule has 4 heteroatoms. The van der Waals surface area contributed by atoms with Gasteiger partial charge in [-0.05, 0) is 18.6 Å². The smallest absolute Gasteiger partial charge is 0.137 e. The van der Waals surface area contributed by atoms with Crippen molar-refractivity contribution in [1.82, 2.24) is 10.3 Å². The summed E-state index contributed by atoms with van der Waals surface area (Å²) in [6.07, 6.45) is 4.80. The van der Waals surface area contributed by atoms with E-state index in [-0.39, 0.29) is 0 Å². The van der Waals surface area contributed by atoms with E-state index in [0.717, 1.165) is 18.7 Å². The fraction of sp³-hybridized carbons (Fsp3) is 0.545. The number of methoxy groups -OCH3 is 1. The lowest BCUT2D eigenvalue weighted by atomic mass is 10.2. The molecule has 0 amide bonds. The van der Waals surface area contributed by atoms with Crippen LogP contribution in [0.15, 0.2) is 24.5 Å². The molecular weight excluding hydrogens is 192 g/mol. The Kier molecular flexibility index (Phi) is 3.53. The van der Waals surface area contributed by atoms with Gasteiger partial charge in [0, 0.05) is 25.9 Å². The summed E-state index contributed by atoms with van der Waals surface area (Å²) in [4.78, 5) is 3.99. The van der Waals surface area contributed by atoms with Gasteiger partial charge in [0.15, 0.2) is 0 Å². The van der Waals surface area contributed by atoms with Gasteiger partial charge in [-0.15, -0.1) is 0 Å². The van der Waals surface area contributed by atoms with Crippen molar-refractivity contribution in [2.45, 2.75) is 18.6 Å². The zero-order valence-electron chi connectivity index (χ0n) is 8.85. The van der Waals surface area contributed by atoms with Crippen molar-refractivity contribution in [3.8, 4) is 5.75 Å². The van der Waals surface area contributed by atoms with Crippen LogP contribution in [0.25, 0.3) is 0 Å². The van der Waals surface area contributed by atoms with Crippen LogP contribution in [0.2, 0.25) is 0 Å². The number of ether oxygens (including phenoxy) is 2. The Morgan fingerprint density at radius 1 is 1.60 bits per heavy atom. The maximum absolute atomic E-state index is 5.60. The zero-order chi connectivity index (χ0) is 10.5. The van der Waals surface area contributed by atoms with E-state index in [1.807, 2.05) is 12.1 Å². The van der Waals surface area contributed by atoms with E-state index in [2.05, 4.69) is 10.3 Å². The van der Waals surface area contributed by atoms with E-state index >= 15 is 0 Å². The highest BCUT2D eigenvalue weighted by Crippen LogP contribution is 2.12. The maximum Gasteiger partial charge on any atom is 0.137 e. The van der Waals surface area contributed by atoms with E-state index < -0.39 is 0 Å². The molecule has 0 bridgehead atoms. The Balaban J connectivity index is 1.75. The third-order valence-corrected chi connectivity index (χ3v) is 2.60. The van der Waals surface area contributed by atoms with Crippen LogP contribution in [0, 0.1) is 0 Å². The van der Waals surface area contributed by atoms with Crippen molar-refractivity contribution in [3.63, 3.8) is 0 Å². The minimum atomic E-state index is 0.326. The number of nitrogens with one attached hydrogen (secondary N) is 1. The molecular formula is C11H16N2O2. The van der Waals surface area contributed by atoms with Crippen LogP contribution >= 0.6 is 0 Å². The molecule has 0 radical (unpaired) electrons. The molecule has 1 aliphatic rings. The molecule has 1 fully saturated rings. The molecule has 1 aliphatic heterocycles. The van der Waals surface area contributed by atoms with E-state index in [1.54, 1.807) is 19.5 Å². The molecule has 0 saturated carbocycles. The lowest BCUT2D eigenvalue weighted by Crippen LogP contribution is -2.28. The van der Waals surface area contributed by atoms with Gasteiger partial charge < -0.3 is 14.8 Å². The molecule has 0 aromatic carbocycles. The number of rotatable bonds is 4. The Bertz CT molecular complexity index is 292. The molecule has 0 aliphatic carbocycles. The van der Waals surface area contributed by atoms with Gasteiger partial charge in [-0.2, -0.15) is 0 Å². The van der Waals surface area contributed by atoms with E-state index in [0.29, 0.717) is 18.8 Å². The summed E-state index contributed by atoms with van der Waals surface area (Å²) >= 11 is 0. The molecule has 2 atom stereocenters. The average molecular weight is 208 g/mol.